The van der Waals surface area contributed by atoms with E-state index < -0.39 is 0 Å². The van der Waals surface area contributed by atoms with Gasteiger partial charge in [0.1, 0.15) is 0 Å². The van der Waals surface area contributed by atoms with Gasteiger partial charge in [0.15, 0.2) is 0 Å². The predicted octanol–water partition coefficient (Wildman–Crippen LogP) is 1.44. The molecule has 19 heavy (non-hydrogen) atoms. The van der Waals surface area contributed by atoms with Crippen molar-refractivity contribution in [2.45, 2.75) is 18.9 Å². The third-order valence-corrected chi connectivity index (χ3v) is 4.11. The van der Waals surface area contributed by atoms with Gasteiger partial charge in [0.2, 0.25) is 5.91 Å². The van der Waals surface area contributed by atoms with E-state index in [1.807, 2.05) is 49.1 Å². The van der Waals surface area contributed by atoms with Gasteiger partial charge in [0.25, 0.3) is 0 Å². The number of nitrogens with zero attached hydrogens (tertiary/aromatic N) is 1. The van der Waals surface area contributed by atoms with Gasteiger partial charge < -0.3 is 4.90 Å². The number of nitrogens with two attached hydrogens (primary N) is 1. The lowest BCUT2D eigenvalue weighted by molar-refractivity contribution is -0.123. The molecule has 0 radical (unpaired) electrons. The molecular formula is C14H23N3OS. The Morgan fingerprint density at radius 2 is 2.05 bits per heavy atom. The standard InChI is InChI=1S/C14H23N3OS/c1-11(10-19-3)17(2)9-13(14(18)16-15)12-7-5-4-6-8-12/h4-8,11,13H,9-10,15H2,1-3H3,(H,16,18). The van der Waals surface area contributed by atoms with E-state index >= 15 is 0 Å². The molecule has 0 bridgehead atoms. The highest BCUT2D eigenvalue weighted by atomic mass is 32.2. The largest absolute Gasteiger partial charge is 0.302 e. The minimum atomic E-state index is -0.236. The first kappa shape index (κ1) is 16.0. The molecule has 5 heteroatoms. The van der Waals surface area contributed by atoms with Crippen LogP contribution >= 0.6 is 11.8 Å². The highest BCUT2D eigenvalue weighted by Crippen LogP contribution is 2.18. The molecule has 1 aromatic rings. The van der Waals surface area contributed by atoms with Gasteiger partial charge >= 0.3 is 0 Å². The lowest BCUT2D eigenvalue weighted by atomic mass is 9.97. The average Bonchev–Trinajstić information content (AvgIpc) is 2.44. The van der Waals surface area contributed by atoms with Crippen molar-refractivity contribution < 1.29 is 4.79 Å². The minimum absolute atomic E-state index is 0.144. The van der Waals surface area contributed by atoms with Crippen molar-refractivity contribution in [2.24, 2.45) is 5.84 Å². The highest BCUT2D eigenvalue weighted by Gasteiger charge is 2.23. The van der Waals surface area contributed by atoms with Crippen LogP contribution < -0.4 is 11.3 Å². The predicted molar refractivity (Wildman–Crippen MR) is 82.0 cm³/mol. The topological polar surface area (TPSA) is 58.4 Å². The summed E-state index contributed by atoms with van der Waals surface area (Å²) in [6.07, 6.45) is 2.09. The van der Waals surface area contributed by atoms with Gasteiger partial charge in [-0.15, -0.1) is 0 Å². The molecule has 1 rings (SSSR count). The Labute approximate surface area is 119 Å². The fourth-order valence-electron chi connectivity index (χ4n) is 1.96. The minimum Gasteiger partial charge on any atom is -0.302 e. The summed E-state index contributed by atoms with van der Waals surface area (Å²) in [6.45, 7) is 2.83. The van der Waals surface area contributed by atoms with Crippen LogP contribution in [0.4, 0.5) is 0 Å². The molecule has 0 heterocycles. The second kappa shape index (κ2) is 8.19. The highest BCUT2D eigenvalue weighted by molar-refractivity contribution is 7.98. The zero-order valence-electron chi connectivity index (χ0n) is 11.8. The zero-order chi connectivity index (χ0) is 14.3. The molecule has 1 aromatic carbocycles. The summed E-state index contributed by atoms with van der Waals surface area (Å²) >= 11 is 1.81. The van der Waals surface area contributed by atoms with Gasteiger partial charge in [0, 0.05) is 18.3 Å². The fraction of sp³-hybridized carbons (Fsp3) is 0.500. The maximum atomic E-state index is 12.0. The maximum Gasteiger partial charge on any atom is 0.242 e. The van der Waals surface area contributed by atoms with Crippen LogP contribution in [0.15, 0.2) is 30.3 Å². The third-order valence-electron chi connectivity index (χ3n) is 3.29. The van der Waals surface area contributed by atoms with Gasteiger partial charge in [-0.25, -0.2) is 5.84 Å². The van der Waals surface area contributed by atoms with E-state index in [1.165, 1.54) is 0 Å². The molecule has 2 unspecified atom stereocenters. The van der Waals surface area contributed by atoms with E-state index in [1.54, 1.807) is 0 Å². The summed E-state index contributed by atoms with van der Waals surface area (Å²) in [5, 5.41) is 0. The van der Waals surface area contributed by atoms with E-state index in [0.29, 0.717) is 12.6 Å². The van der Waals surface area contributed by atoms with E-state index in [-0.39, 0.29) is 11.8 Å². The number of hydrogen-bond donors (Lipinski definition) is 2. The normalized spacial score (nSPS) is 14.2. The number of nitrogens with one attached hydrogen (secondary N) is 1. The second-order valence-corrected chi connectivity index (χ2v) is 5.63. The number of likely N-dealkylation sites (N-methyl/N-ethyl adjacent to an activating group) is 1. The summed E-state index contributed by atoms with van der Waals surface area (Å²) in [5.74, 6) is 5.96. The van der Waals surface area contributed by atoms with Gasteiger partial charge in [-0.3, -0.25) is 10.2 Å². The first-order chi connectivity index (χ1) is 9.10. The van der Waals surface area contributed by atoms with Crippen LogP contribution in [0.1, 0.15) is 18.4 Å². The quantitative estimate of drug-likeness (QED) is 0.451. The molecule has 0 aromatic heterocycles. The average molecular weight is 281 g/mol. The SMILES string of the molecule is CSCC(C)N(C)CC(C(=O)NN)c1ccccc1. The maximum absolute atomic E-state index is 12.0. The monoisotopic (exact) mass is 281 g/mol. The summed E-state index contributed by atoms with van der Waals surface area (Å²) in [4.78, 5) is 14.2. The van der Waals surface area contributed by atoms with Gasteiger partial charge in [0.05, 0.1) is 5.92 Å². The van der Waals surface area contributed by atoms with E-state index in [2.05, 4.69) is 23.5 Å². The van der Waals surface area contributed by atoms with Crippen LogP contribution in [0.5, 0.6) is 0 Å². The molecule has 0 fully saturated rings. The molecule has 0 aliphatic rings. The summed E-state index contributed by atoms with van der Waals surface area (Å²) in [6, 6.07) is 10.2. The molecule has 0 aliphatic heterocycles. The Kier molecular flexibility index (Phi) is 6.91. The van der Waals surface area contributed by atoms with Crippen molar-refractivity contribution >= 4 is 17.7 Å². The fourth-order valence-corrected chi connectivity index (χ4v) is 2.70. The van der Waals surface area contributed by atoms with Crippen molar-refractivity contribution in [1.29, 1.82) is 0 Å². The molecule has 106 valence electrons. The number of carbonyl (C=O) groups excluding carboxylic acids is 1. The van der Waals surface area contributed by atoms with Crippen LogP contribution in [0.25, 0.3) is 0 Å². The number of carbonyl (C=O) groups is 1. The van der Waals surface area contributed by atoms with Crippen LogP contribution in [0, 0.1) is 0 Å². The Hall–Kier alpha value is -1.04. The number of benzene rings is 1. The number of hydrogen-bond acceptors (Lipinski definition) is 4. The van der Waals surface area contributed by atoms with Crippen molar-refractivity contribution in [1.82, 2.24) is 10.3 Å². The lowest BCUT2D eigenvalue weighted by Crippen LogP contribution is -2.42. The molecule has 0 saturated carbocycles. The molecule has 4 nitrogen and oxygen atoms in total. The Balaban J connectivity index is 2.79. The Bertz CT molecular complexity index is 386. The number of amides is 1. The van der Waals surface area contributed by atoms with Gasteiger partial charge in [-0.05, 0) is 25.8 Å². The second-order valence-electron chi connectivity index (χ2n) is 4.72. The lowest BCUT2D eigenvalue weighted by Gasteiger charge is -2.28. The molecule has 1 amide bonds. The number of thioether (sulfide) groups is 1. The van der Waals surface area contributed by atoms with E-state index in [0.717, 1.165) is 11.3 Å². The van der Waals surface area contributed by atoms with Gasteiger partial charge in [-0.2, -0.15) is 11.8 Å². The first-order valence-electron chi connectivity index (χ1n) is 6.34. The molecule has 0 aliphatic carbocycles. The van der Waals surface area contributed by atoms with Gasteiger partial charge in [-0.1, -0.05) is 30.3 Å². The molecular weight excluding hydrogens is 258 g/mol. The van der Waals surface area contributed by atoms with Crippen LogP contribution in [0.3, 0.4) is 0 Å². The third kappa shape index (κ3) is 4.86. The molecule has 0 spiro atoms. The summed E-state index contributed by atoms with van der Waals surface area (Å²) < 4.78 is 0. The van der Waals surface area contributed by atoms with Crippen LogP contribution in [-0.2, 0) is 4.79 Å². The van der Waals surface area contributed by atoms with Crippen molar-refractivity contribution in [2.75, 3.05) is 25.6 Å². The molecule has 3 N–H and O–H groups in total. The Morgan fingerprint density at radius 3 is 2.58 bits per heavy atom. The van der Waals surface area contributed by atoms with Crippen molar-refractivity contribution in [3.63, 3.8) is 0 Å². The van der Waals surface area contributed by atoms with Crippen molar-refractivity contribution in [3.05, 3.63) is 35.9 Å². The van der Waals surface area contributed by atoms with Crippen molar-refractivity contribution in [3.8, 4) is 0 Å². The van der Waals surface area contributed by atoms with E-state index in [9.17, 15) is 4.79 Å². The molecule has 2 atom stereocenters. The zero-order valence-corrected chi connectivity index (χ0v) is 12.6. The van der Waals surface area contributed by atoms with Crippen LogP contribution in [0.2, 0.25) is 0 Å². The van der Waals surface area contributed by atoms with E-state index in [4.69, 9.17) is 5.84 Å². The van der Waals surface area contributed by atoms with Crippen LogP contribution in [-0.4, -0.2) is 42.4 Å². The summed E-state index contributed by atoms with van der Waals surface area (Å²) in [5.41, 5.74) is 3.26. The smallest absolute Gasteiger partial charge is 0.242 e. The summed E-state index contributed by atoms with van der Waals surface area (Å²) in [7, 11) is 2.04. The Morgan fingerprint density at radius 1 is 1.42 bits per heavy atom. The number of rotatable bonds is 7. The number of hydrazine groups is 1. The first-order valence-corrected chi connectivity index (χ1v) is 7.74. The molecule has 0 saturated heterocycles.